The van der Waals surface area contributed by atoms with E-state index in [-0.39, 0.29) is 5.92 Å². The van der Waals surface area contributed by atoms with Crippen LogP contribution in [0.1, 0.15) is 43.9 Å². The first kappa shape index (κ1) is 12.1. The number of hydrogen-bond donors (Lipinski definition) is 0. The van der Waals surface area contributed by atoms with Crippen LogP contribution in [0.2, 0.25) is 0 Å². The Morgan fingerprint density at radius 2 is 2.22 bits per heavy atom. The lowest BCUT2D eigenvalue weighted by Gasteiger charge is -2.18. The van der Waals surface area contributed by atoms with Gasteiger partial charge in [-0.25, -0.2) is 18.1 Å². The molecule has 2 aliphatic heterocycles. The minimum atomic E-state index is -2.79. The van der Waals surface area contributed by atoms with E-state index >= 15 is 0 Å². The molecular weight excluding hydrogens is 250 g/mol. The summed E-state index contributed by atoms with van der Waals surface area (Å²) >= 11 is 0. The van der Waals surface area contributed by atoms with E-state index in [2.05, 4.69) is 17.0 Å². The van der Waals surface area contributed by atoms with E-state index < -0.39 is 9.84 Å². The minimum absolute atomic E-state index is 0.217. The van der Waals surface area contributed by atoms with Gasteiger partial charge in [0.1, 0.15) is 5.82 Å². The number of sulfone groups is 1. The van der Waals surface area contributed by atoms with Gasteiger partial charge in [-0.2, -0.15) is 5.10 Å². The lowest BCUT2D eigenvalue weighted by Crippen LogP contribution is -2.16. The van der Waals surface area contributed by atoms with Crippen LogP contribution in [0, 0.1) is 5.92 Å². The van der Waals surface area contributed by atoms with E-state index in [1.165, 1.54) is 6.42 Å². The van der Waals surface area contributed by atoms with E-state index in [1.54, 1.807) is 0 Å². The van der Waals surface area contributed by atoms with Crippen LogP contribution < -0.4 is 0 Å². The molecule has 0 aromatic carbocycles. The van der Waals surface area contributed by atoms with E-state index in [1.807, 2.05) is 4.68 Å². The average Bonchev–Trinajstić information content (AvgIpc) is 2.83. The molecule has 0 spiro atoms. The Morgan fingerprint density at radius 3 is 2.89 bits per heavy atom. The van der Waals surface area contributed by atoms with Crippen LogP contribution in [0.4, 0.5) is 0 Å². The monoisotopic (exact) mass is 269 g/mol. The van der Waals surface area contributed by atoms with Gasteiger partial charge < -0.3 is 0 Å². The number of rotatable bonds is 2. The van der Waals surface area contributed by atoms with Crippen LogP contribution in [-0.2, 0) is 22.7 Å². The number of hydrogen-bond acceptors (Lipinski definition) is 4. The fraction of sp³-hybridized carbons (Fsp3) is 0.833. The molecule has 2 aliphatic rings. The van der Waals surface area contributed by atoms with Crippen molar-refractivity contribution in [2.75, 3.05) is 11.5 Å². The molecule has 3 rings (SSSR count). The first-order chi connectivity index (χ1) is 8.53. The first-order valence-electron chi connectivity index (χ1n) is 6.68. The maximum Gasteiger partial charge on any atom is 0.151 e. The molecule has 2 unspecified atom stereocenters. The standard InChI is InChI=1S/C12H19N3O2S/c1-9-3-2-4-12-13-11(14-15(9)12)7-10-5-6-18(16,17)8-10/h9-10H,2-8H2,1H3. The van der Waals surface area contributed by atoms with Crippen molar-refractivity contribution < 1.29 is 8.42 Å². The number of aromatic nitrogens is 3. The van der Waals surface area contributed by atoms with Gasteiger partial charge in [0.15, 0.2) is 15.7 Å². The van der Waals surface area contributed by atoms with Crippen molar-refractivity contribution in [2.24, 2.45) is 5.92 Å². The van der Waals surface area contributed by atoms with Crippen LogP contribution in [0.25, 0.3) is 0 Å². The molecule has 0 radical (unpaired) electrons. The summed E-state index contributed by atoms with van der Waals surface area (Å²) in [7, 11) is -2.79. The molecule has 6 heteroatoms. The van der Waals surface area contributed by atoms with Crippen molar-refractivity contribution in [2.45, 2.75) is 45.1 Å². The molecule has 5 nitrogen and oxygen atoms in total. The zero-order chi connectivity index (χ0) is 12.8. The molecule has 0 saturated carbocycles. The predicted molar refractivity (Wildman–Crippen MR) is 68.1 cm³/mol. The van der Waals surface area contributed by atoms with Crippen molar-refractivity contribution in [1.29, 1.82) is 0 Å². The van der Waals surface area contributed by atoms with Crippen molar-refractivity contribution in [3.05, 3.63) is 11.6 Å². The van der Waals surface area contributed by atoms with E-state index in [0.717, 1.165) is 30.9 Å². The summed E-state index contributed by atoms with van der Waals surface area (Å²) in [5.41, 5.74) is 0. The van der Waals surface area contributed by atoms with E-state index in [0.29, 0.717) is 24.0 Å². The highest BCUT2D eigenvalue weighted by Crippen LogP contribution is 2.25. The Balaban J connectivity index is 1.74. The van der Waals surface area contributed by atoms with Crippen LogP contribution in [-0.4, -0.2) is 34.7 Å². The zero-order valence-corrected chi connectivity index (χ0v) is 11.5. The minimum Gasteiger partial charge on any atom is -0.247 e. The Bertz CT molecular complexity index is 550. The van der Waals surface area contributed by atoms with Crippen molar-refractivity contribution in [3.63, 3.8) is 0 Å². The maximum atomic E-state index is 11.4. The summed E-state index contributed by atoms with van der Waals surface area (Å²) in [4.78, 5) is 4.57. The second-order valence-electron chi connectivity index (χ2n) is 5.60. The molecule has 1 saturated heterocycles. The van der Waals surface area contributed by atoms with E-state index in [9.17, 15) is 8.42 Å². The molecule has 1 fully saturated rings. The van der Waals surface area contributed by atoms with Gasteiger partial charge in [-0.3, -0.25) is 0 Å². The molecule has 3 heterocycles. The molecule has 18 heavy (non-hydrogen) atoms. The summed E-state index contributed by atoms with van der Waals surface area (Å²) in [5, 5.41) is 4.55. The molecule has 1 aromatic heterocycles. The van der Waals surface area contributed by atoms with Gasteiger partial charge in [-0.1, -0.05) is 0 Å². The fourth-order valence-electron chi connectivity index (χ4n) is 2.98. The van der Waals surface area contributed by atoms with Crippen LogP contribution in [0.15, 0.2) is 0 Å². The summed E-state index contributed by atoms with van der Waals surface area (Å²) in [6.45, 7) is 2.17. The topological polar surface area (TPSA) is 64.8 Å². The Kier molecular flexibility index (Phi) is 2.92. The highest BCUT2D eigenvalue weighted by atomic mass is 32.2. The Labute approximate surface area is 108 Å². The van der Waals surface area contributed by atoms with Gasteiger partial charge in [0.25, 0.3) is 0 Å². The molecule has 0 aliphatic carbocycles. The van der Waals surface area contributed by atoms with Crippen molar-refractivity contribution in [3.8, 4) is 0 Å². The van der Waals surface area contributed by atoms with Crippen LogP contribution in [0.5, 0.6) is 0 Å². The Hall–Kier alpha value is -0.910. The first-order valence-corrected chi connectivity index (χ1v) is 8.50. The van der Waals surface area contributed by atoms with E-state index in [4.69, 9.17) is 0 Å². The SMILES string of the molecule is CC1CCCc2nc(CC3CCS(=O)(=O)C3)nn21. The third-order valence-electron chi connectivity index (χ3n) is 3.98. The molecule has 0 bridgehead atoms. The summed E-state index contributed by atoms with van der Waals surface area (Å²) in [5.74, 6) is 2.77. The van der Waals surface area contributed by atoms with Crippen LogP contribution in [0.3, 0.4) is 0 Å². The molecule has 1 aromatic rings. The summed E-state index contributed by atoms with van der Waals surface area (Å²) < 4.78 is 24.9. The average molecular weight is 269 g/mol. The predicted octanol–water partition coefficient (Wildman–Crippen LogP) is 1.15. The summed E-state index contributed by atoms with van der Waals surface area (Å²) in [6.07, 6.45) is 4.82. The van der Waals surface area contributed by atoms with Gasteiger partial charge in [0, 0.05) is 12.8 Å². The summed E-state index contributed by atoms with van der Waals surface area (Å²) in [6, 6.07) is 0.433. The molecule has 100 valence electrons. The third-order valence-corrected chi connectivity index (χ3v) is 5.82. The highest BCUT2D eigenvalue weighted by molar-refractivity contribution is 7.91. The smallest absolute Gasteiger partial charge is 0.151 e. The molecule has 0 N–H and O–H groups in total. The Morgan fingerprint density at radius 1 is 1.39 bits per heavy atom. The lowest BCUT2D eigenvalue weighted by molar-refractivity contribution is 0.386. The van der Waals surface area contributed by atoms with Gasteiger partial charge in [0.05, 0.1) is 17.5 Å². The molecule has 0 amide bonds. The van der Waals surface area contributed by atoms with Crippen molar-refractivity contribution >= 4 is 9.84 Å². The normalized spacial score (nSPS) is 30.3. The van der Waals surface area contributed by atoms with Crippen LogP contribution >= 0.6 is 0 Å². The zero-order valence-electron chi connectivity index (χ0n) is 10.7. The highest BCUT2D eigenvalue weighted by Gasteiger charge is 2.29. The number of nitrogens with zero attached hydrogens (tertiary/aromatic N) is 3. The lowest BCUT2D eigenvalue weighted by atomic mass is 10.1. The second kappa shape index (κ2) is 4.33. The molecular formula is C12H19N3O2S. The van der Waals surface area contributed by atoms with Gasteiger partial charge in [-0.05, 0) is 32.1 Å². The van der Waals surface area contributed by atoms with Crippen molar-refractivity contribution in [1.82, 2.24) is 14.8 Å². The van der Waals surface area contributed by atoms with Gasteiger partial charge in [-0.15, -0.1) is 0 Å². The third kappa shape index (κ3) is 2.30. The van der Waals surface area contributed by atoms with Gasteiger partial charge in [0.2, 0.25) is 0 Å². The number of aryl methyl sites for hydroxylation is 1. The number of fused-ring (bicyclic) bond motifs is 1. The quantitative estimate of drug-likeness (QED) is 0.808. The van der Waals surface area contributed by atoms with Gasteiger partial charge >= 0.3 is 0 Å². The fourth-order valence-corrected chi connectivity index (χ4v) is 4.85. The maximum absolute atomic E-state index is 11.4. The molecule has 2 atom stereocenters. The largest absolute Gasteiger partial charge is 0.247 e. The second-order valence-corrected chi connectivity index (χ2v) is 7.83.